The number of pyridine rings is 1. The van der Waals surface area contributed by atoms with Gasteiger partial charge < -0.3 is 19.7 Å². The second-order valence-corrected chi connectivity index (χ2v) is 8.06. The first-order valence-corrected chi connectivity index (χ1v) is 10.7. The van der Waals surface area contributed by atoms with Crippen molar-refractivity contribution < 1.29 is 18.7 Å². The summed E-state index contributed by atoms with van der Waals surface area (Å²) in [5, 5.41) is 3.83. The Balaban J connectivity index is 1.83. The van der Waals surface area contributed by atoms with E-state index in [9.17, 15) is 9.18 Å². The van der Waals surface area contributed by atoms with Crippen LogP contribution in [0.15, 0.2) is 42.6 Å². The maximum absolute atomic E-state index is 14.1. The number of methoxy groups -OCH3 is 2. The predicted molar refractivity (Wildman–Crippen MR) is 118 cm³/mol. The number of ether oxygens (including phenoxy) is 2. The molecule has 1 aliphatic rings. The van der Waals surface area contributed by atoms with E-state index in [0.29, 0.717) is 52.4 Å². The van der Waals surface area contributed by atoms with Gasteiger partial charge in [0.05, 0.1) is 31.0 Å². The fourth-order valence-electron chi connectivity index (χ4n) is 3.42. The summed E-state index contributed by atoms with van der Waals surface area (Å²) in [7, 11) is 3.14. The Hall–Kier alpha value is -3.00. The number of anilines is 2. The summed E-state index contributed by atoms with van der Waals surface area (Å²) in [6.45, 7) is 1.36. The third kappa shape index (κ3) is 4.14. The number of nitrogens with one attached hydrogen (secondary N) is 1. The fourth-order valence-corrected chi connectivity index (χ4v) is 4.33. The number of aromatic nitrogens is 1. The number of halogens is 1. The van der Waals surface area contributed by atoms with Crippen LogP contribution >= 0.6 is 11.8 Å². The van der Waals surface area contributed by atoms with Crippen molar-refractivity contribution in [3.05, 3.63) is 54.0 Å². The molecule has 156 valence electrons. The number of nitrogens with zero attached hydrogens (tertiary/aromatic N) is 2. The van der Waals surface area contributed by atoms with Crippen LogP contribution in [-0.4, -0.2) is 54.6 Å². The largest absolute Gasteiger partial charge is 0.497 e. The molecule has 1 amide bonds. The second kappa shape index (κ2) is 8.79. The molecule has 6 nitrogen and oxygen atoms in total. The Morgan fingerprint density at radius 3 is 2.47 bits per heavy atom. The minimum Gasteiger partial charge on any atom is -0.497 e. The van der Waals surface area contributed by atoms with E-state index in [4.69, 9.17) is 9.47 Å². The van der Waals surface area contributed by atoms with Crippen molar-refractivity contribution in [1.82, 2.24) is 9.88 Å². The lowest BCUT2D eigenvalue weighted by atomic mass is 10.1. The molecule has 0 atom stereocenters. The highest BCUT2D eigenvalue weighted by atomic mass is 32.2. The lowest BCUT2D eigenvalue weighted by Gasteiger charge is -2.27. The molecule has 0 spiro atoms. The van der Waals surface area contributed by atoms with Gasteiger partial charge in [-0.3, -0.25) is 9.78 Å². The minimum atomic E-state index is -0.394. The first kappa shape index (κ1) is 20.3. The molecule has 3 aromatic rings. The lowest BCUT2D eigenvalue weighted by molar-refractivity contribution is 0.0773. The molecule has 30 heavy (non-hydrogen) atoms. The molecule has 2 aromatic carbocycles. The van der Waals surface area contributed by atoms with Crippen LogP contribution in [0.25, 0.3) is 10.9 Å². The zero-order valence-electron chi connectivity index (χ0n) is 16.8. The van der Waals surface area contributed by atoms with Crippen LogP contribution in [0.3, 0.4) is 0 Å². The molecular formula is C22H22FN3O3S. The summed E-state index contributed by atoms with van der Waals surface area (Å²) < 4.78 is 24.8. The Kier molecular flexibility index (Phi) is 5.94. The van der Waals surface area contributed by atoms with Crippen LogP contribution < -0.4 is 14.8 Å². The molecule has 8 heteroatoms. The van der Waals surface area contributed by atoms with Gasteiger partial charge in [-0.2, -0.15) is 11.8 Å². The first-order chi connectivity index (χ1) is 14.6. The van der Waals surface area contributed by atoms with Crippen molar-refractivity contribution in [3.63, 3.8) is 0 Å². The maximum Gasteiger partial charge on any atom is 0.257 e. The van der Waals surface area contributed by atoms with Gasteiger partial charge in [-0.1, -0.05) is 0 Å². The van der Waals surface area contributed by atoms with Crippen molar-refractivity contribution in [2.24, 2.45) is 0 Å². The van der Waals surface area contributed by atoms with E-state index in [-0.39, 0.29) is 5.91 Å². The van der Waals surface area contributed by atoms with E-state index in [1.807, 2.05) is 16.7 Å². The van der Waals surface area contributed by atoms with Crippen molar-refractivity contribution >= 4 is 39.9 Å². The quantitative estimate of drug-likeness (QED) is 0.654. The molecule has 1 fully saturated rings. The highest BCUT2D eigenvalue weighted by molar-refractivity contribution is 7.99. The number of hydrogen-bond acceptors (Lipinski definition) is 6. The second-order valence-electron chi connectivity index (χ2n) is 6.84. The zero-order chi connectivity index (χ0) is 21.1. The summed E-state index contributed by atoms with van der Waals surface area (Å²) in [5.41, 5.74) is 2.17. The molecule has 1 aromatic heterocycles. The maximum atomic E-state index is 14.1. The molecule has 0 saturated carbocycles. The summed E-state index contributed by atoms with van der Waals surface area (Å²) in [6.07, 6.45) is 1.56. The number of fused-ring (bicyclic) bond motifs is 1. The first-order valence-electron chi connectivity index (χ1n) is 9.54. The topological polar surface area (TPSA) is 63.7 Å². The van der Waals surface area contributed by atoms with Gasteiger partial charge in [0.2, 0.25) is 0 Å². The van der Waals surface area contributed by atoms with Gasteiger partial charge in [0.15, 0.2) is 0 Å². The van der Waals surface area contributed by atoms with Crippen molar-refractivity contribution in [2.45, 2.75) is 0 Å². The van der Waals surface area contributed by atoms with Gasteiger partial charge in [0.1, 0.15) is 17.3 Å². The normalized spacial score (nSPS) is 13.9. The van der Waals surface area contributed by atoms with Crippen LogP contribution in [-0.2, 0) is 0 Å². The standard InChI is InChI=1S/C22H22FN3O3S/c1-28-16-10-15(11-17(12-16)29-2)25-21-18-9-14(23)3-4-20(18)24-13-19(21)22(27)26-5-7-30-8-6-26/h3-4,9-13H,5-8H2,1-2H3,(H,24,25). The van der Waals surface area contributed by atoms with Gasteiger partial charge >= 0.3 is 0 Å². The summed E-state index contributed by atoms with van der Waals surface area (Å²) >= 11 is 1.83. The van der Waals surface area contributed by atoms with E-state index < -0.39 is 5.82 Å². The molecular weight excluding hydrogens is 405 g/mol. The Morgan fingerprint density at radius 2 is 1.80 bits per heavy atom. The number of hydrogen-bond donors (Lipinski definition) is 1. The number of thioether (sulfide) groups is 1. The number of benzene rings is 2. The zero-order valence-corrected chi connectivity index (χ0v) is 17.6. The van der Waals surface area contributed by atoms with Crippen LogP contribution in [0.5, 0.6) is 11.5 Å². The van der Waals surface area contributed by atoms with Crippen LogP contribution in [0.2, 0.25) is 0 Å². The van der Waals surface area contributed by atoms with E-state index in [2.05, 4.69) is 10.3 Å². The minimum absolute atomic E-state index is 0.119. The van der Waals surface area contributed by atoms with E-state index >= 15 is 0 Å². The number of rotatable bonds is 5. The molecule has 0 aliphatic carbocycles. The molecule has 4 rings (SSSR count). The Bertz CT molecular complexity index is 1060. The third-order valence-electron chi connectivity index (χ3n) is 4.98. The highest BCUT2D eigenvalue weighted by Crippen LogP contribution is 2.34. The third-order valence-corrected chi connectivity index (χ3v) is 5.92. The Labute approximate surface area is 178 Å². The fraction of sp³-hybridized carbons (Fsp3) is 0.273. The van der Waals surface area contributed by atoms with Crippen LogP contribution in [0.4, 0.5) is 15.8 Å². The molecule has 0 radical (unpaired) electrons. The monoisotopic (exact) mass is 427 g/mol. The lowest BCUT2D eigenvalue weighted by Crippen LogP contribution is -2.38. The summed E-state index contributed by atoms with van der Waals surface area (Å²) in [6, 6.07) is 9.70. The van der Waals surface area contributed by atoms with Gasteiger partial charge in [0.25, 0.3) is 5.91 Å². The molecule has 1 aliphatic heterocycles. The average Bonchev–Trinajstić information content (AvgIpc) is 2.79. The predicted octanol–water partition coefficient (Wildman–Crippen LogP) is 4.32. The number of amides is 1. The van der Waals surface area contributed by atoms with Crippen molar-refractivity contribution in [1.29, 1.82) is 0 Å². The van der Waals surface area contributed by atoms with Gasteiger partial charge in [0, 0.05) is 60.1 Å². The SMILES string of the molecule is COc1cc(Nc2c(C(=O)N3CCSCC3)cnc3ccc(F)cc23)cc(OC)c1. The molecule has 2 heterocycles. The Morgan fingerprint density at radius 1 is 1.10 bits per heavy atom. The van der Waals surface area contributed by atoms with Crippen molar-refractivity contribution in [3.8, 4) is 11.5 Å². The summed E-state index contributed by atoms with van der Waals surface area (Å²) in [4.78, 5) is 19.5. The molecule has 0 unspecified atom stereocenters. The van der Waals surface area contributed by atoms with Gasteiger partial charge in [-0.25, -0.2) is 4.39 Å². The van der Waals surface area contributed by atoms with Gasteiger partial charge in [-0.05, 0) is 18.2 Å². The number of carbonyl (C=O) groups is 1. The molecule has 1 saturated heterocycles. The summed E-state index contributed by atoms with van der Waals surface area (Å²) in [5.74, 6) is 2.49. The van der Waals surface area contributed by atoms with Crippen molar-refractivity contribution in [2.75, 3.05) is 44.1 Å². The average molecular weight is 428 g/mol. The number of carbonyl (C=O) groups excluding carboxylic acids is 1. The smallest absolute Gasteiger partial charge is 0.257 e. The highest BCUT2D eigenvalue weighted by Gasteiger charge is 2.23. The van der Waals surface area contributed by atoms with E-state index in [0.717, 1.165) is 11.5 Å². The van der Waals surface area contributed by atoms with Gasteiger partial charge in [-0.15, -0.1) is 0 Å². The van der Waals surface area contributed by atoms with Crippen LogP contribution in [0, 0.1) is 5.82 Å². The molecule has 1 N–H and O–H groups in total. The molecule has 0 bridgehead atoms. The van der Waals surface area contributed by atoms with E-state index in [1.54, 1.807) is 44.7 Å². The van der Waals surface area contributed by atoms with E-state index in [1.165, 1.54) is 12.1 Å². The van der Waals surface area contributed by atoms with Crippen LogP contribution in [0.1, 0.15) is 10.4 Å².